The molecule has 0 aliphatic carbocycles. The summed E-state index contributed by atoms with van der Waals surface area (Å²) in [6, 6.07) is 3.39. The van der Waals surface area contributed by atoms with Gasteiger partial charge in [-0.2, -0.15) is 0 Å². The highest BCUT2D eigenvalue weighted by Crippen LogP contribution is 2.34. The third-order valence-corrected chi connectivity index (χ3v) is 6.27. The van der Waals surface area contributed by atoms with Crippen LogP contribution in [0.15, 0.2) is 18.3 Å². The standard InChI is InChI=1S/C24H32F2N4O2/c1-3-5-6-18-7-8-21(27-15-18)23(32)28-20-10-13-30(14-11-20)22(31)16-29-12-9-19(4-2)24(25,26)17-29/h7-8,15,19-20H,3-4,9-14,16-17H2,1-2H3,(H,28,32). The van der Waals surface area contributed by atoms with E-state index in [1.165, 1.54) is 0 Å². The molecule has 2 fully saturated rings. The van der Waals surface area contributed by atoms with Gasteiger partial charge in [-0.05, 0) is 44.4 Å². The van der Waals surface area contributed by atoms with Gasteiger partial charge in [0.1, 0.15) is 5.69 Å². The third-order valence-electron chi connectivity index (χ3n) is 6.27. The van der Waals surface area contributed by atoms with Crippen LogP contribution in [0.25, 0.3) is 0 Å². The number of nitrogens with zero attached hydrogens (tertiary/aromatic N) is 3. The van der Waals surface area contributed by atoms with Crippen molar-refractivity contribution in [1.82, 2.24) is 20.1 Å². The fraction of sp³-hybridized carbons (Fsp3) is 0.625. The lowest BCUT2D eigenvalue weighted by Crippen LogP contribution is -2.53. The normalized spacial score (nSPS) is 21.5. The smallest absolute Gasteiger partial charge is 0.270 e. The molecule has 32 heavy (non-hydrogen) atoms. The summed E-state index contributed by atoms with van der Waals surface area (Å²) in [5.41, 5.74) is 1.11. The van der Waals surface area contributed by atoms with Gasteiger partial charge in [-0.25, -0.2) is 13.8 Å². The van der Waals surface area contributed by atoms with Crippen molar-refractivity contribution in [2.75, 3.05) is 32.7 Å². The van der Waals surface area contributed by atoms with E-state index in [1.54, 1.807) is 35.1 Å². The van der Waals surface area contributed by atoms with Crippen LogP contribution in [0.3, 0.4) is 0 Å². The number of hydrogen-bond donors (Lipinski definition) is 1. The van der Waals surface area contributed by atoms with Gasteiger partial charge < -0.3 is 10.2 Å². The number of halogens is 2. The number of nitrogens with one attached hydrogen (secondary N) is 1. The molecule has 3 rings (SSSR count). The zero-order chi connectivity index (χ0) is 23.1. The molecule has 2 saturated heterocycles. The SMILES string of the molecule is CCC#Cc1ccc(C(=O)NC2CCN(C(=O)CN3CCC(CC)C(F)(F)C3)CC2)nc1. The quantitative estimate of drug-likeness (QED) is 0.707. The lowest BCUT2D eigenvalue weighted by atomic mass is 9.90. The van der Waals surface area contributed by atoms with Gasteiger partial charge in [0.05, 0.1) is 13.1 Å². The summed E-state index contributed by atoms with van der Waals surface area (Å²) in [7, 11) is 0. The number of alkyl halides is 2. The maximum absolute atomic E-state index is 14.2. The van der Waals surface area contributed by atoms with E-state index in [2.05, 4.69) is 22.1 Å². The summed E-state index contributed by atoms with van der Waals surface area (Å²) in [4.78, 5) is 32.5. The lowest BCUT2D eigenvalue weighted by Gasteiger charge is -2.39. The summed E-state index contributed by atoms with van der Waals surface area (Å²) in [6.45, 7) is 4.97. The third kappa shape index (κ3) is 6.26. The van der Waals surface area contributed by atoms with E-state index in [-0.39, 0.29) is 30.9 Å². The molecule has 3 heterocycles. The Hall–Kier alpha value is -2.53. The van der Waals surface area contributed by atoms with Gasteiger partial charge in [0.15, 0.2) is 0 Å². The Balaban J connectivity index is 1.43. The summed E-state index contributed by atoms with van der Waals surface area (Å²) >= 11 is 0. The fourth-order valence-electron chi connectivity index (χ4n) is 4.31. The molecule has 2 aliphatic heterocycles. The van der Waals surface area contributed by atoms with Crippen LogP contribution in [-0.2, 0) is 4.79 Å². The second-order valence-corrected chi connectivity index (χ2v) is 8.58. The van der Waals surface area contributed by atoms with Crippen LogP contribution >= 0.6 is 0 Å². The maximum Gasteiger partial charge on any atom is 0.270 e. The Morgan fingerprint density at radius 3 is 2.53 bits per heavy atom. The average Bonchev–Trinajstić information content (AvgIpc) is 2.78. The highest BCUT2D eigenvalue weighted by atomic mass is 19.3. The Morgan fingerprint density at radius 1 is 1.19 bits per heavy atom. The first-order chi connectivity index (χ1) is 15.3. The van der Waals surface area contributed by atoms with Gasteiger partial charge in [-0.3, -0.25) is 14.5 Å². The van der Waals surface area contributed by atoms with Crippen LogP contribution in [0, 0.1) is 17.8 Å². The summed E-state index contributed by atoms with van der Waals surface area (Å²) in [6.07, 6.45) is 4.49. The Kier molecular flexibility index (Phi) is 8.19. The highest BCUT2D eigenvalue weighted by molar-refractivity contribution is 5.92. The number of carbonyl (C=O) groups excluding carboxylic acids is 2. The zero-order valence-electron chi connectivity index (χ0n) is 18.9. The second kappa shape index (κ2) is 10.9. The Morgan fingerprint density at radius 2 is 1.94 bits per heavy atom. The first-order valence-electron chi connectivity index (χ1n) is 11.5. The molecule has 1 atom stereocenters. The Bertz CT molecular complexity index is 855. The van der Waals surface area contributed by atoms with E-state index in [1.807, 2.05) is 6.92 Å². The largest absolute Gasteiger partial charge is 0.348 e. The van der Waals surface area contributed by atoms with Gasteiger partial charge >= 0.3 is 0 Å². The van der Waals surface area contributed by atoms with Gasteiger partial charge in [0, 0.05) is 43.2 Å². The molecular formula is C24H32F2N4O2. The predicted octanol–water partition coefficient (Wildman–Crippen LogP) is 2.93. The molecule has 0 spiro atoms. The van der Waals surface area contributed by atoms with Crippen LogP contribution < -0.4 is 5.32 Å². The number of amides is 2. The second-order valence-electron chi connectivity index (χ2n) is 8.58. The number of carbonyl (C=O) groups is 2. The Labute approximate surface area is 188 Å². The van der Waals surface area contributed by atoms with Gasteiger partial charge in [-0.1, -0.05) is 25.7 Å². The van der Waals surface area contributed by atoms with Crippen molar-refractivity contribution in [2.24, 2.45) is 5.92 Å². The van der Waals surface area contributed by atoms with Gasteiger partial charge in [-0.15, -0.1) is 0 Å². The minimum atomic E-state index is -2.74. The van der Waals surface area contributed by atoms with Crippen LogP contribution in [-0.4, -0.2) is 71.3 Å². The molecule has 2 aliphatic rings. The van der Waals surface area contributed by atoms with Crippen molar-refractivity contribution < 1.29 is 18.4 Å². The predicted molar refractivity (Wildman–Crippen MR) is 118 cm³/mol. The monoisotopic (exact) mass is 446 g/mol. The lowest BCUT2D eigenvalue weighted by molar-refractivity contribution is -0.140. The topological polar surface area (TPSA) is 65.5 Å². The first-order valence-corrected chi connectivity index (χ1v) is 11.5. The zero-order valence-corrected chi connectivity index (χ0v) is 18.9. The minimum absolute atomic E-state index is 0.0280. The van der Waals surface area contributed by atoms with Crippen molar-refractivity contribution in [3.8, 4) is 11.8 Å². The number of hydrogen-bond acceptors (Lipinski definition) is 4. The summed E-state index contributed by atoms with van der Waals surface area (Å²) < 4.78 is 28.4. The summed E-state index contributed by atoms with van der Waals surface area (Å²) in [5, 5.41) is 2.98. The van der Waals surface area contributed by atoms with Crippen molar-refractivity contribution in [2.45, 2.75) is 57.9 Å². The van der Waals surface area contributed by atoms with E-state index in [9.17, 15) is 18.4 Å². The molecule has 0 radical (unpaired) electrons. The highest BCUT2D eigenvalue weighted by Gasteiger charge is 2.43. The number of pyridine rings is 1. The van der Waals surface area contributed by atoms with Crippen LogP contribution in [0.2, 0.25) is 0 Å². The molecule has 2 amide bonds. The van der Waals surface area contributed by atoms with E-state index < -0.39 is 11.8 Å². The van der Waals surface area contributed by atoms with E-state index in [0.717, 1.165) is 12.0 Å². The molecule has 8 heteroatoms. The van der Waals surface area contributed by atoms with Gasteiger partial charge in [0.25, 0.3) is 11.8 Å². The van der Waals surface area contributed by atoms with Crippen molar-refractivity contribution in [1.29, 1.82) is 0 Å². The van der Waals surface area contributed by atoms with Crippen molar-refractivity contribution in [3.05, 3.63) is 29.6 Å². The number of rotatable bonds is 5. The number of likely N-dealkylation sites (tertiary alicyclic amines) is 2. The van der Waals surface area contributed by atoms with E-state index >= 15 is 0 Å². The summed E-state index contributed by atoms with van der Waals surface area (Å²) in [5.74, 6) is 2.24. The molecule has 0 aromatic carbocycles. The molecule has 174 valence electrons. The molecule has 1 N–H and O–H groups in total. The molecule has 1 unspecified atom stereocenters. The van der Waals surface area contributed by atoms with Gasteiger partial charge in [0.2, 0.25) is 5.91 Å². The van der Waals surface area contributed by atoms with E-state index in [4.69, 9.17) is 0 Å². The number of aromatic nitrogens is 1. The van der Waals surface area contributed by atoms with Crippen LogP contribution in [0.4, 0.5) is 8.78 Å². The number of piperidine rings is 2. The van der Waals surface area contributed by atoms with Crippen LogP contribution in [0.5, 0.6) is 0 Å². The maximum atomic E-state index is 14.2. The molecule has 0 bridgehead atoms. The molecule has 1 aromatic rings. The van der Waals surface area contributed by atoms with Crippen molar-refractivity contribution in [3.63, 3.8) is 0 Å². The van der Waals surface area contributed by atoms with Crippen LogP contribution in [0.1, 0.15) is 62.0 Å². The molecule has 1 aromatic heterocycles. The molecular weight excluding hydrogens is 414 g/mol. The minimum Gasteiger partial charge on any atom is -0.348 e. The molecule has 6 nitrogen and oxygen atoms in total. The fourth-order valence-corrected chi connectivity index (χ4v) is 4.31. The molecule has 0 saturated carbocycles. The average molecular weight is 447 g/mol. The van der Waals surface area contributed by atoms with Crippen molar-refractivity contribution >= 4 is 11.8 Å². The first kappa shape index (κ1) is 24.1. The van der Waals surface area contributed by atoms with E-state index in [0.29, 0.717) is 51.0 Å².